The molecule has 0 saturated heterocycles. The maximum Gasteiger partial charge on any atom is 0.270 e. The van der Waals surface area contributed by atoms with Gasteiger partial charge >= 0.3 is 0 Å². The minimum atomic E-state index is -0.366. The van der Waals surface area contributed by atoms with E-state index in [0.29, 0.717) is 5.92 Å². The second-order valence-corrected chi connectivity index (χ2v) is 6.39. The molecule has 1 aromatic carbocycles. The molecular formula is C16H19N3O2. The molecule has 1 N–H and O–H groups in total. The lowest BCUT2D eigenvalue weighted by molar-refractivity contribution is -0.384. The van der Waals surface area contributed by atoms with Crippen molar-refractivity contribution in [3.05, 3.63) is 40.1 Å². The Labute approximate surface area is 123 Å². The molecule has 110 valence electrons. The third-order valence-corrected chi connectivity index (χ3v) is 4.19. The van der Waals surface area contributed by atoms with Gasteiger partial charge in [-0.3, -0.25) is 15.1 Å². The van der Waals surface area contributed by atoms with E-state index < -0.39 is 0 Å². The van der Waals surface area contributed by atoms with Gasteiger partial charge < -0.3 is 5.32 Å². The number of benzene rings is 1. The SMILES string of the molecule is Cc1cc(NC(C)(C)C2CC2)c2cc([N+](=O)[O-])ccc2n1. The van der Waals surface area contributed by atoms with Crippen LogP contribution in [0.1, 0.15) is 32.4 Å². The van der Waals surface area contributed by atoms with E-state index in [0.717, 1.165) is 22.3 Å². The third kappa shape index (κ3) is 2.68. The van der Waals surface area contributed by atoms with Crippen molar-refractivity contribution < 1.29 is 4.92 Å². The van der Waals surface area contributed by atoms with E-state index in [9.17, 15) is 10.1 Å². The number of nitro benzene ring substituents is 1. The van der Waals surface area contributed by atoms with Crippen LogP contribution in [0.3, 0.4) is 0 Å². The molecule has 1 aromatic heterocycles. The first-order valence-electron chi connectivity index (χ1n) is 7.21. The molecule has 1 aliphatic rings. The van der Waals surface area contributed by atoms with Crippen LogP contribution in [0, 0.1) is 23.0 Å². The first-order valence-corrected chi connectivity index (χ1v) is 7.21. The number of anilines is 1. The maximum atomic E-state index is 11.0. The van der Waals surface area contributed by atoms with Crippen molar-refractivity contribution in [1.82, 2.24) is 4.98 Å². The van der Waals surface area contributed by atoms with Gasteiger partial charge in [-0.15, -0.1) is 0 Å². The molecule has 1 fully saturated rings. The van der Waals surface area contributed by atoms with Crippen molar-refractivity contribution in [2.24, 2.45) is 5.92 Å². The number of nitro groups is 1. The predicted molar refractivity (Wildman–Crippen MR) is 83.6 cm³/mol. The fourth-order valence-corrected chi connectivity index (χ4v) is 2.82. The number of rotatable bonds is 4. The van der Waals surface area contributed by atoms with Crippen LogP contribution in [0.15, 0.2) is 24.3 Å². The summed E-state index contributed by atoms with van der Waals surface area (Å²) in [7, 11) is 0. The summed E-state index contributed by atoms with van der Waals surface area (Å²) >= 11 is 0. The van der Waals surface area contributed by atoms with Gasteiger partial charge in [0.25, 0.3) is 5.69 Å². The van der Waals surface area contributed by atoms with Crippen molar-refractivity contribution in [1.29, 1.82) is 0 Å². The van der Waals surface area contributed by atoms with Crippen molar-refractivity contribution in [3.8, 4) is 0 Å². The number of pyridine rings is 1. The second kappa shape index (κ2) is 4.69. The average molecular weight is 285 g/mol. The number of aryl methyl sites for hydroxylation is 1. The van der Waals surface area contributed by atoms with E-state index in [4.69, 9.17) is 0 Å². The molecule has 0 amide bonds. The van der Waals surface area contributed by atoms with Crippen molar-refractivity contribution in [2.75, 3.05) is 5.32 Å². The van der Waals surface area contributed by atoms with Crippen LogP contribution in [0.25, 0.3) is 10.9 Å². The molecular weight excluding hydrogens is 266 g/mol. The van der Waals surface area contributed by atoms with Crippen LogP contribution < -0.4 is 5.32 Å². The molecule has 0 aliphatic heterocycles. The van der Waals surface area contributed by atoms with E-state index in [2.05, 4.69) is 24.1 Å². The number of non-ortho nitro benzene ring substituents is 1. The Morgan fingerprint density at radius 3 is 2.67 bits per heavy atom. The van der Waals surface area contributed by atoms with Crippen LogP contribution >= 0.6 is 0 Å². The van der Waals surface area contributed by atoms with Gasteiger partial charge in [0, 0.05) is 34.4 Å². The molecule has 2 aromatic rings. The largest absolute Gasteiger partial charge is 0.379 e. The lowest BCUT2D eigenvalue weighted by Crippen LogP contribution is -2.33. The van der Waals surface area contributed by atoms with Gasteiger partial charge in [-0.05, 0) is 51.7 Å². The highest BCUT2D eigenvalue weighted by atomic mass is 16.6. The Balaban J connectivity index is 2.10. The predicted octanol–water partition coefficient (Wildman–Crippen LogP) is 4.05. The molecule has 21 heavy (non-hydrogen) atoms. The van der Waals surface area contributed by atoms with Crippen molar-refractivity contribution in [2.45, 2.75) is 39.2 Å². The number of fused-ring (bicyclic) bond motifs is 1. The molecule has 0 atom stereocenters. The highest BCUT2D eigenvalue weighted by Crippen LogP contribution is 2.42. The normalized spacial score (nSPS) is 15.2. The molecule has 3 rings (SSSR count). The van der Waals surface area contributed by atoms with Crippen molar-refractivity contribution >= 4 is 22.3 Å². The first kappa shape index (κ1) is 13.8. The van der Waals surface area contributed by atoms with Gasteiger partial charge in [0.1, 0.15) is 0 Å². The summed E-state index contributed by atoms with van der Waals surface area (Å²) in [6.07, 6.45) is 2.48. The monoisotopic (exact) mass is 285 g/mol. The van der Waals surface area contributed by atoms with Crippen molar-refractivity contribution in [3.63, 3.8) is 0 Å². The summed E-state index contributed by atoms with van der Waals surface area (Å²) in [5, 5.41) is 15.4. The second-order valence-electron chi connectivity index (χ2n) is 6.39. The van der Waals surface area contributed by atoms with Gasteiger partial charge in [-0.2, -0.15) is 0 Å². The maximum absolute atomic E-state index is 11.0. The van der Waals surface area contributed by atoms with Crippen LogP contribution in [0.2, 0.25) is 0 Å². The number of nitrogens with one attached hydrogen (secondary N) is 1. The highest BCUT2D eigenvalue weighted by molar-refractivity contribution is 5.93. The Hall–Kier alpha value is -2.17. The summed E-state index contributed by atoms with van der Waals surface area (Å²) in [6.45, 7) is 6.31. The number of nitrogens with zero attached hydrogens (tertiary/aromatic N) is 2. The fraction of sp³-hybridized carbons (Fsp3) is 0.438. The molecule has 1 saturated carbocycles. The number of hydrogen-bond donors (Lipinski definition) is 1. The standard InChI is InChI=1S/C16H19N3O2/c1-10-8-15(18-16(2,3)11-4-5-11)13-9-12(19(20)21)6-7-14(13)17-10/h6-9,11H,4-5H2,1-3H3,(H,17,18). The van der Waals surface area contributed by atoms with Gasteiger partial charge in [0.05, 0.1) is 10.4 Å². The quantitative estimate of drug-likeness (QED) is 0.679. The lowest BCUT2D eigenvalue weighted by Gasteiger charge is -2.28. The Kier molecular flexibility index (Phi) is 3.08. The summed E-state index contributed by atoms with van der Waals surface area (Å²) < 4.78 is 0. The lowest BCUT2D eigenvalue weighted by atomic mass is 9.97. The summed E-state index contributed by atoms with van der Waals surface area (Å²) in [5.74, 6) is 0.666. The topological polar surface area (TPSA) is 68.1 Å². The average Bonchev–Trinajstić information content (AvgIpc) is 3.22. The minimum Gasteiger partial charge on any atom is -0.379 e. The van der Waals surface area contributed by atoms with Gasteiger partial charge in [-0.1, -0.05) is 0 Å². The van der Waals surface area contributed by atoms with E-state index >= 15 is 0 Å². The molecule has 5 heteroatoms. The number of aromatic nitrogens is 1. The molecule has 0 unspecified atom stereocenters. The highest BCUT2D eigenvalue weighted by Gasteiger charge is 2.37. The zero-order chi connectivity index (χ0) is 15.2. The van der Waals surface area contributed by atoms with Crippen LogP contribution in [0.5, 0.6) is 0 Å². The van der Waals surface area contributed by atoms with Crippen LogP contribution in [-0.4, -0.2) is 15.4 Å². The molecule has 1 aliphatic carbocycles. The first-order chi connectivity index (χ1) is 9.87. The molecule has 0 bridgehead atoms. The Morgan fingerprint density at radius 2 is 2.05 bits per heavy atom. The number of hydrogen-bond acceptors (Lipinski definition) is 4. The van der Waals surface area contributed by atoms with Crippen LogP contribution in [-0.2, 0) is 0 Å². The molecule has 0 radical (unpaired) electrons. The van der Waals surface area contributed by atoms with Crippen LogP contribution in [0.4, 0.5) is 11.4 Å². The Bertz CT molecular complexity index is 721. The smallest absolute Gasteiger partial charge is 0.270 e. The van der Waals surface area contributed by atoms with E-state index in [1.807, 2.05) is 13.0 Å². The zero-order valence-corrected chi connectivity index (χ0v) is 12.5. The van der Waals surface area contributed by atoms with E-state index in [1.165, 1.54) is 18.9 Å². The molecule has 0 spiro atoms. The minimum absolute atomic E-state index is 0.00859. The fourth-order valence-electron chi connectivity index (χ4n) is 2.82. The summed E-state index contributed by atoms with van der Waals surface area (Å²) in [4.78, 5) is 15.1. The summed E-state index contributed by atoms with van der Waals surface area (Å²) in [6, 6.07) is 6.80. The zero-order valence-electron chi connectivity index (χ0n) is 12.5. The van der Waals surface area contributed by atoms with Gasteiger partial charge in [-0.25, -0.2) is 0 Å². The third-order valence-electron chi connectivity index (χ3n) is 4.19. The molecule has 5 nitrogen and oxygen atoms in total. The van der Waals surface area contributed by atoms with E-state index in [-0.39, 0.29) is 16.1 Å². The summed E-state index contributed by atoms with van der Waals surface area (Å²) in [5.41, 5.74) is 2.71. The van der Waals surface area contributed by atoms with E-state index in [1.54, 1.807) is 12.1 Å². The molecule has 1 heterocycles. The van der Waals surface area contributed by atoms with Gasteiger partial charge in [0.15, 0.2) is 0 Å². The Morgan fingerprint density at radius 1 is 1.33 bits per heavy atom. The van der Waals surface area contributed by atoms with Gasteiger partial charge in [0.2, 0.25) is 0 Å².